The van der Waals surface area contributed by atoms with Crippen molar-refractivity contribution in [2.45, 2.75) is 20.3 Å². The Bertz CT molecular complexity index is 1030. The first-order chi connectivity index (χ1) is 12.5. The number of fused-ring (bicyclic) bond motifs is 1. The Morgan fingerprint density at radius 3 is 2.77 bits per heavy atom. The van der Waals surface area contributed by atoms with E-state index in [2.05, 4.69) is 5.32 Å². The van der Waals surface area contributed by atoms with Crippen molar-refractivity contribution >= 4 is 34.2 Å². The van der Waals surface area contributed by atoms with Gasteiger partial charge in [0.05, 0.1) is 0 Å². The minimum atomic E-state index is -0.402. The standard InChI is InChI=1S/C20H18ClNO4/c1-3-13-8-20(24)26-18-10-15(6-7-16(13)18)25-11-19(23)22-17-9-14(21)5-4-12(17)2/h4-10H,3,11H2,1-2H3,(H,22,23). The van der Waals surface area contributed by atoms with Crippen molar-refractivity contribution < 1.29 is 13.9 Å². The summed E-state index contributed by atoms with van der Waals surface area (Å²) in [6.45, 7) is 3.68. The van der Waals surface area contributed by atoms with Crippen molar-refractivity contribution in [2.75, 3.05) is 11.9 Å². The molecule has 0 unspecified atom stereocenters. The maximum atomic E-state index is 12.1. The number of anilines is 1. The highest BCUT2D eigenvalue weighted by Crippen LogP contribution is 2.23. The van der Waals surface area contributed by atoms with Crippen LogP contribution in [0.15, 0.2) is 51.7 Å². The van der Waals surface area contributed by atoms with Crippen molar-refractivity contribution in [3.8, 4) is 5.75 Å². The van der Waals surface area contributed by atoms with Crippen molar-refractivity contribution in [2.24, 2.45) is 0 Å². The van der Waals surface area contributed by atoms with E-state index in [1.165, 1.54) is 6.07 Å². The fourth-order valence-electron chi connectivity index (χ4n) is 2.66. The van der Waals surface area contributed by atoms with Gasteiger partial charge in [0.1, 0.15) is 11.3 Å². The van der Waals surface area contributed by atoms with E-state index in [9.17, 15) is 9.59 Å². The van der Waals surface area contributed by atoms with Gasteiger partial charge in [-0.3, -0.25) is 4.79 Å². The summed E-state index contributed by atoms with van der Waals surface area (Å²) in [5.41, 5.74) is 2.50. The maximum Gasteiger partial charge on any atom is 0.336 e. The molecule has 1 amide bonds. The number of hydrogen-bond donors (Lipinski definition) is 1. The summed E-state index contributed by atoms with van der Waals surface area (Å²) in [7, 11) is 0. The molecular formula is C20H18ClNO4. The zero-order valence-electron chi connectivity index (χ0n) is 14.5. The minimum absolute atomic E-state index is 0.171. The predicted octanol–water partition coefficient (Wildman–Crippen LogP) is 4.33. The lowest BCUT2D eigenvalue weighted by molar-refractivity contribution is -0.118. The Morgan fingerprint density at radius 2 is 2.00 bits per heavy atom. The van der Waals surface area contributed by atoms with E-state index in [4.69, 9.17) is 20.8 Å². The molecule has 0 saturated carbocycles. The van der Waals surface area contributed by atoms with Gasteiger partial charge in [-0.15, -0.1) is 0 Å². The van der Waals surface area contributed by atoms with Crippen LogP contribution in [-0.2, 0) is 11.2 Å². The fraction of sp³-hybridized carbons (Fsp3) is 0.200. The van der Waals surface area contributed by atoms with E-state index in [1.807, 2.05) is 26.0 Å². The summed E-state index contributed by atoms with van der Waals surface area (Å²) in [5.74, 6) is 0.145. The molecule has 0 saturated heterocycles. The Balaban J connectivity index is 1.72. The number of carbonyl (C=O) groups excluding carboxylic acids is 1. The van der Waals surface area contributed by atoms with Crippen LogP contribution in [0.3, 0.4) is 0 Å². The third kappa shape index (κ3) is 4.06. The molecule has 0 aliphatic heterocycles. The lowest BCUT2D eigenvalue weighted by Crippen LogP contribution is -2.20. The first-order valence-electron chi connectivity index (χ1n) is 8.22. The monoisotopic (exact) mass is 371 g/mol. The number of halogens is 1. The molecule has 1 heterocycles. The van der Waals surface area contributed by atoms with E-state index < -0.39 is 5.63 Å². The normalized spacial score (nSPS) is 10.7. The minimum Gasteiger partial charge on any atom is -0.484 e. The molecule has 0 aliphatic rings. The van der Waals surface area contributed by atoms with Crippen LogP contribution >= 0.6 is 11.6 Å². The highest BCUT2D eigenvalue weighted by Gasteiger charge is 2.09. The molecule has 0 spiro atoms. The summed E-state index contributed by atoms with van der Waals surface area (Å²) in [4.78, 5) is 23.7. The number of rotatable bonds is 5. The highest BCUT2D eigenvalue weighted by atomic mass is 35.5. The molecule has 5 nitrogen and oxygen atoms in total. The van der Waals surface area contributed by atoms with Gasteiger partial charge in [-0.05, 0) is 48.7 Å². The fourth-order valence-corrected chi connectivity index (χ4v) is 2.83. The van der Waals surface area contributed by atoms with E-state index in [0.717, 1.165) is 22.9 Å². The van der Waals surface area contributed by atoms with E-state index in [0.29, 0.717) is 22.0 Å². The number of carbonyl (C=O) groups is 1. The molecule has 3 aromatic rings. The molecule has 26 heavy (non-hydrogen) atoms. The molecule has 0 atom stereocenters. The predicted molar refractivity (Wildman–Crippen MR) is 102 cm³/mol. The first-order valence-corrected chi connectivity index (χ1v) is 8.59. The van der Waals surface area contributed by atoms with Gasteiger partial charge in [-0.25, -0.2) is 4.79 Å². The van der Waals surface area contributed by atoms with Gasteiger partial charge in [0.25, 0.3) is 5.91 Å². The largest absolute Gasteiger partial charge is 0.484 e. The van der Waals surface area contributed by atoms with Gasteiger partial charge >= 0.3 is 5.63 Å². The zero-order chi connectivity index (χ0) is 18.7. The number of nitrogens with one attached hydrogen (secondary N) is 1. The molecule has 1 aromatic heterocycles. The van der Waals surface area contributed by atoms with Crippen molar-refractivity contribution in [3.05, 3.63) is 69.0 Å². The molecule has 0 radical (unpaired) electrons. The number of benzene rings is 2. The summed E-state index contributed by atoms with van der Waals surface area (Å²) >= 11 is 5.95. The molecule has 1 N–H and O–H groups in total. The smallest absolute Gasteiger partial charge is 0.336 e. The van der Waals surface area contributed by atoms with Crippen molar-refractivity contribution in [3.63, 3.8) is 0 Å². The average Bonchev–Trinajstić information content (AvgIpc) is 2.62. The molecule has 0 aliphatic carbocycles. The van der Waals surface area contributed by atoms with Crippen molar-refractivity contribution in [1.29, 1.82) is 0 Å². The Labute approximate surface area is 155 Å². The van der Waals surface area contributed by atoms with E-state index in [1.54, 1.807) is 24.3 Å². The van der Waals surface area contributed by atoms with Crippen LogP contribution in [0.5, 0.6) is 5.75 Å². The lowest BCUT2D eigenvalue weighted by Gasteiger charge is -2.10. The molecular weight excluding hydrogens is 354 g/mol. The SMILES string of the molecule is CCc1cc(=O)oc2cc(OCC(=O)Nc3cc(Cl)ccc3C)ccc12. The van der Waals surface area contributed by atoms with E-state index >= 15 is 0 Å². The molecule has 6 heteroatoms. The maximum absolute atomic E-state index is 12.1. The summed E-state index contributed by atoms with van der Waals surface area (Å²) < 4.78 is 10.7. The van der Waals surface area contributed by atoms with Gasteiger partial charge in [-0.1, -0.05) is 24.6 Å². The molecule has 0 fully saturated rings. The van der Waals surface area contributed by atoms with Crippen LogP contribution in [0, 0.1) is 6.92 Å². The molecule has 0 bridgehead atoms. The van der Waals surface area contributed by atoms with Crippen LogP contribution in [0.2, 0.25) is 5.02 Å². The second kappa shape index (κ2) is 7.62. The second-order valence-electron chi connectivity index (χ2n) is 5.90. The quantitative estimate of drug-likeness (QED) is 0.677. The van der Waals surface area contributed by atoms with Crippen molar-refractivity contribution in [1.82, 2.24) is 0 Å². The Hall–Kier alpha value is -2.79. The summed E-state index contributed by atoms with van der Waals surface area (Å²) in [5, 5.41) is 4.17. The van der Waals surface area contributed by atoms with Gasteiger partial charge in [-0.2, -0.15) is 0 Å². The van der Waals surface area contributed by atoms with Gasteiger partial charge in [0.2, 0.25) is 0 Å². The van der Waals surface area contributed by atoms with Crippen LogP contribution in [-0.4, -0.2) is 12.5 Å². The number of amides is 1. The van der Waals surface area contributed by atoms with E-state index in [-0.39, 0.29) is 12.5 Å². The molecule has 134 valence electrons. The number of hydrogen-bond acceptors (Lipinski definition) is 4. The van der Waals surface area contributed by atoms with Crippen LogP contribution < -0.4 is 15.7 Å². The lowest BCUT2D eigenvalue weighted by atomic mass is 10.1. The third-order valence-electron chi connectivity index (χ3n) is 4.03. The number of ether oxygens (including phenoxy) is 1. The summed E-state index contributed by atoms with van der Waals surface area (Å²) in [6.07, 6.45) is 0.726. The summed E-state index contributed by atoms with van der Waals surface area (Å²) in [6, 6.07) is 12.0. The average molecular weight is 372 g/mol. The van der Waals surface area contributed by atoms with Crippen LogP contribution in [0.4, 0.5) is 5.69 Å². The van der Waals surface area contributed by atoms with Crippen LogP contribution in [0.25, 0.3) is 11.0 Å². The van der Waals surface area contributed by atoms with Gasteiger partial charge < -0.3 is 14.5 Å². The second-order valence-corrected chi connectivity index (χ2v) is 6.33. The molecule has 3 rings (SSSR count). The van der Waals surface area contributed by atoms with Crippen LogP contribution in [0.1, 0.15) is 18.1 Å². The Morgan fingerprint density at radius 1 is 1.19 bits per heavy atom. The third-order valence-corrected chi connectivity index (χ3v) is 4.26. The number of aryl methyl sites for hydroxylation is 2. The van der Waals surface area contributed by atoms with Gasteiger partial charge in [0, 0.05) is 28.2 Å². The highest BCUT2D eigenvalue weighted by molar-refractivity contribution is 6.31. The van der Waals surface area contributed by atoms with Gasteiger partial charge in [0.15, 0.2) is 6.61 Å². The first kappa shape index (κ1) is 18.0. The zero-order valence-corrected chi connectivity index (χ0v) is 15.2. The Kier molecular flexibility index (Phi) is 5.28. The molecule has 2 aromatic carbocycles. The topological polar surface area (TPSA) is 68.5 Å².